The molecule has 0 aliphatic rings. The van der Waals surface area contributed by atoms with E-state index in [0.29, 0.717) is 10.2 Å². The molecule has 22 heavy (non-hydrogen) atoms. The molecule has 0 fully saturated rings. The Kier molecular flexibility index (Phi) is 4.26. The molecule has 1 atom stereocenters. The van der Waals surface area contributed by atoms with Crippen molar-refractivity contribution in [2.75, 3.05) is 0 Å². The summed E-state index contributed by atoms with van der Waals surface area (Å²) in [6.07, 6.45) is 0. The molecule has 3 rings (SSSR count). The highest BCUT2D eigenvalue weighted by molar-refractivity contribution is 9.11. The summed E-state index contributed by atoms with van der Waals surface area (Å²) in [6, 6.07) is 12.2. The molecule has 112 valence electrons. The highest BCUT2D eigenvalue weighted by atomic mass is 79.9. The summed E-state index contributed by atoms with van der Waals surface area (Å²) >= 11 is 6.73. The van der Waals surface area contributed by atoms with E-state index in [9.17, 15) is 4.79 Å². The largest absolute Gasteiger partial charge is 0.424 e. The van der Waals surface area contributed by atoms with Gasteiger partial charge in [0.2, 0.25) is 0 Å². The standard InChI is InChI=1S/C15H11Br2N3O2/c1-9(20-13-5-3-2-4-12(13)18-19-20)15(21)22-14-7-6-10(16)8-11(14)17/h2-9H,1H3. The molecule has 0 saturated carbocycles. The first-order chi connectivity index (χ1) is 10.6. The normalized spacial score (nSPS) is 12.3. The van der Waals surface area contributed by atoms with Crippen molar-refractivity contribution in [1.82, 2.24) is 15.0 Å². The van der Waals surface area contributed by atoms with Crippen molar-refractivity contribution in [2.45, 2.75) is 13.0 Å². The van der Waals surface area contributed by atoms with Crippen LogP contribution in [0.4, 0.5) is 0 Å². The number of carbonyl (C=O) groups excluding carboxylic acids is 1. The molecule has 0 bridgehead atoms. The lowest BCUT2D eigenvalue weighted by Gasteiger charge is -2.13. The molecule has 0 radical (unpaired) electrons. The van der Waals surface area contributed by atoms with Crippen LogP contribution >= 0.6 is 31.9 Å². The maximum Gasteiger partial charge on any atom is 0.336 e. The molecule has 1 unspecified atom stereocenters. The summed E-state index contributed by atoms with van der Waals surface area (Å²) in [5.41, 5.74) is 1.54. The minimum Gasteiger partial charge on any atom is -0.424 e. The van der Waals surface area contributed by atoms with E-state index in [4.69, 9.17) is 4.74 Å². The summed E-state index contributed by atoms with van der Waals surface area (Å²) < 4.78 is 8.60. The number of esters is 1. The third-order valence-electron chi connectivity index (χ3n) is 3.19. The van der Waals surface area contributed by atoms with Gasteiger partial charge in [0.1, 0.15) is 17.3 Å². The fourth-order valence-corrected chi connectivity index (χ4v) is 3.15. The monoisotopic (exact) mass is 423 g/mol. The van der Waals surface area contributed by atoms with Crippen LogP contribution in [0, 0.1) is 0 Å². The van der Waals surface area contributed by atoms with E-state index >= 15 is 0 Å². The lowest BCUT2D eigenvalue weighted by atomic mass is 10.3. The highest BCUT2D eigenvalue weighted by Gasteiger charge is 2.21. The van der Waals surface area contributed by atoms with Crippen molar-refractivity contribution in [1.29, 1.82) is 0 Å². The van der Waals surface area contributed by atoms with Gasteiger partial charge in [0.05, 0.1) is 9.99 Å². The second-order valence-corrected chi connectivity index (χ2v) is 6.46. The first-order valence-corrected chi connectivity index (χ1v) is 8.11. The second kappa shape index (κ2) is 6.18. The number of aromatic nitrogens is 3. The van der Waals surface area contributed by atoms with Crippen molar-refractivity contribution in [3.8, 4) is 5.75 Å². The van der Waals surface area contributed by atoms with Gasteiger partial charge in [0, 0.05) is 4.47 Å². The van der Waals surface area contributed by atoms with Gasteiger partial charge in [0.15, 0.2) is 0 Å². The zero-order chi connectivity index (χ0) is 15.7. The Hall–Kier alpha value is -1.73. The smallest absolute Gasteiger partial charge is 0.336 e. The molecule has 1 heterocycles. The molecule has 3 aromatic rings. The summed E-state index contributed by atoms with van der Waals surface area (Å²) in [5.74, 6) is 0.0585. The number of halogens is 2. The van der Waals surface area contributed by atoms with Crippen molar-refractivity contribution < 1.29 is 9.53 Å². The maximum absolute atomic E-state index is 12.3. The first-order valence-electron chi connectivity index (χ1n) is 6.53. The Morgan fingerprint density at radius 1 is 1.23 bits per heavy atom. The van der Waals surface area contributed by atoms with E-state index < -0.39 is 12.0 Å². The number of para-hydroxylation sites is 1. The van der Waals surface area contributed by atoms with E-state index in [1.807, 2.05) is 36.4 Å². The summed E-state index contributed by atoms with van der Waals surface area (Å²) in [4.78, 5) is 12.3. The first kappa shape index (κ1) is 15.2. The zero-order valence-electron chi connectivity index (χ0n) is 11.5. The van der Waals surface area contributed by atoms with Crippen LogP contribution < -0.4 is 4.74 Å². The number of hydrogen-bond donors (Lipinski definition) is 0. The topological polar surface area (TPSA) is 57.0 Å². The fraction of sp³-hybridized carbons (Fsp3) is 0.133. The van der Waals surface area contributed by atoms with Gasteiger partial charge in [-0.3, -0.25) is 0 Å². The Morgan fingerprint density at radius 2 is 2.00 bits per heavy atom. The lowest BCUT2D eigenvalue weighted by Crippen LogP contribution is -2.22. The number of benzene rings is 2. The van der Waals surface area contributed by atoms with Gasteiger partial charge >= 0.3 is 5.97 Å². The molecule has 0 spiro atoms. The third kappa shape index (κ3) is 2.91. The van der Waals surface area contributed by atoms with E-state index in [-0.39, 0.29) is 0 Å². The molecule has 0 aliphatic heterocycles. The number of carbonyl (C=O) groups is 1. The van der Waals surface area contributed by atoms with Crippen LogP contribution in [-0.2, 0) is 4.79 Å². The van der Waals surface area contributed by atoms with E-state index in [1.54, 1.807) is 17.7 Å². The van der Waals surface area contributed by atoms with Crippen molar-refractivity contribution in [3.63, 3.8) is 0 Å². The van der Waals surface area contributed by atoms with E-state index in [1.165, 1.54) is 0 Å². The molecule has 7 heteroatoms. The molecule has 0 N–H and O–H groups in total. The minimum atomic E-state index is -0.581. The highest BCUT2D eigenvalue weighted by Crippen LogP contribution is 2.29. The molecule has 0 amide bonds. The quantitative estimate of drug-likeness (QED) is 0.468. The van der Waals surface area contributed by atoms with Gasteiger partial charge in [-0.15, -0.1) is 5.10 Å². The number of hydrogen-bond acceptors (Lipinski definition) is 4. The summed E-state index contributed by atoms with van der Waals surface area (Å²) in [7, 11) is 0. The lowest BCUT2D eigenvalue weighted by molar-refractivity contribution is -0.137. The Balaban J connectivity index is 1.85. The maximum atomic E-state index is 12.3. The second-order valence-electron chi connectivity index (χ2n) is 4.69. The molecule has 5 nitrogen and oxygen atoms in total. The summed E-state index contributed by atoms with van der Waals surface area (Å²) in [5, 5.41) is 8.09. The average Bonchev–Trinajstić information content (AvgIpc) is 2.93. The van der Waals surface area contributed by atoms with Crippen LogP contribution in [0.15, 0.2) is 51.4 Å². The molecular formula is C15H11Br2N3O2. The predicted molar refractivity (Wildman–Crippen MR) is 89.7 cm³/mol. The van der Waals surface area contributed by atoms with Crippen LogP contribution in [0.3, 0.4) is 0 Å². The van der Waals surface area contributed by atoms with Gasteiger partial charge in [0.25, 0.3) is 0 Å². The van der Waals surface area contributed by atoms with Crippen LogP contribution in [0.2, 0.25) is 0 Å². The van der Waals surface area contributed by atoms with Crippen molar-refractivity contribution in [3.05, 3.63) is 51.4 Å². The van der Waals surface area contributed by atoms with Gasteiger partial charge in [-0.05, 0) is 53.2 Å². The van der Waals surface area contributed by atoms with Gasteiger partial charge in [-0.25, -0.2) is 9.48 Å². The average molecular weight is 425 g/mol. The van der Waals surface area contributed by atoms with Gasteiger partial charge < -0.3 is 4.74 Å². The molecular weight excluding hydrogens is 414 g/mol. The number of rotatable bonds is 3. The predicted octanol–water partition coefficient (Wildman–Crippen LogP) is 4.12. The Bertz CT molecular complexity index is 848. The SMILES string of the molecule is CC(C(=O)Oc1ccc(Br)cc1Br)n1nnc2ccccc21. The summed E-state index contributed by atoms with van der Waals surface area (Å²) in [6.45, 7) is 1.73. The molecule has 2 aromatic carbocycles. The van der Waals surface area contributed by atoms with Crippen molar-refractivity contribution in [2.24, 2.45) is 0 Å². The molecule has 0 aliphatic carbocycles. The van der Waals surface area contributed by atoms with Gasteiger partial charge in [-0.2, -0.15) is 0 Å². The number of fused-ring (bicyclic) bond motifs is 1. The number of ether oxygens (including phenoxy) is 1. The molecule has 0 saturated heterocycles. The zero-order valence-corrected chi connectivity index (χ0v) is 14.7. The van der Waals surface area contributed by atoms with Crippen LogP contribution in [0.25, 0.3) is 11.0 Å². The van der Waals surface area contributed by atoms with Crippen LogP contribution in [0.1, 0.15) is 13.0 Å². The van der Waals surface area contributed by atoms with Crippen molar-refractivity contribution >= 4 is 48.9 Å². The van der Waals surface area contributed by atoms with Crippen LogP contribution in [-0.4, -0.2) is 21.0 Å². The Labute approximate surface area is 143 Å². The van der Waals surface area contributed by atoms with E-state index in [0.717, 1.165) is 15.5 Å². The Morgan fingerprint density at radius 3 is 2.77 bits per heavy atom. The van der Waals surface area contributed by atoms with Crippen LogP contribution in [0.5, 0.6) is 5.75 Å². The molecule has 1 aromatic heterocycles. The third-order valence-corrected chi connectivity index (χ3v) is 4.30. The minimum absolute atomic E-state index is 0.404. The van der Waals surface area contributed by atoms with Gasteiger partial charge in [-0.1, -0.05) is 33.3 Å². The van der Waals surface area contributed by atoms with E-state index in [2.05, 4.69) is 42.2 Å². The number of nitrogens with zero attached hydrogens (tertiary/aromatic N) is 3. The fourth-order valence-electron chi connectivity index (χ4n) is 2.02.